The van der Waals surface area contributed by atoms with E-state index >= 15 is 0 Å². The molecule has 5 rings (SSSR count). The highest BCUT2D eigenvalue weighted by atomic mass is 19.1. The van der Waals surface area contributed by atoms with Gasteiger partial charge in [-0.25, -0.2) is 9.40 Å². The van der Waals surface area contributed by atoms with Gasteiger partial charge in [0.1, 0.15) is 18.1 Å². The van der Waals surface area contributed by atoms with Crippen molar-refractivity contribution in [3.8, 4) is 0 Å². The third-order valence-corrected chi connectivity index (χ3v) is 5.55. The molecule has 3 aliphatic rings. The van der Waals surface area contributed by atoms with E-state index in [0.717, 1.165) is 30.4 Å². The molecule has 144 valence electrons. The van der Waals surface area contributed by atoms with Gasteiger partial charge in [0.15, 0.2) is 0 Å². The SMILES string of the molecule is Cc1cc2c(cn1)N(CC(O)c1ccc(F)cn1)C1CC(C3CC3)=NN1C2=O. The molecule has 0 bridgehead atoms. The number of hydrogen-bond donors (Lipinski definition) is 1. The molecule has 28 heavy (non-hydrogen) atoms. The Bertz CT molecular complexity index is 973. The van der Waals surface area contributed by atoms with Gasteiger partial charge in [0.2, 0.25) is 0 Å². The van der Waals surface area contributed by atoms with Crippen molar-refractivity contribution in [3.05, 3.63) is 53.4 Å². The maximum absolute atomic E-state index is 13.2. The summed E-state index contributed by atoms with van der Waals surface area (Å²) >= 11 is 0. The lowest BCUT2D eigenvalue weighted by molar-refractivity contribution is 0.0670. The van der Waals surface area contributed by atoms with Crippen molar-refractivity contribution in [1.82, 2.24) is 15.0 Å². The van der Waals surface area contributed by atoms with Crippen LogP contribution in [-0.4, -0.2) is 44.4 Å². The predicted molar refractivity (Wildman–Crippen MR) is 100 cm³/mol. The largest absolute Gasteiger partial charge is 0.385 e. The Morgan fingerprint density at radius 3 is 2.82 bits per heavy atom. The third-order valence-electron chi connectivity index (χ3n) is 5.55. The summed E-state index contributed by atoms with van der Waals surface area (Å²) in [6.07, 6.45) is 4.44. The summed E-state index contributed by atoms with van der Waals surface area (Å²) in [4.78, 5) is 23.3. The van der Waals surface area contributed by atoms with E-state index in [1.54, 1.807) is 17.3 Å². The second-order valence-electron chi connectivity index (χ2n) is 7.61. The van der Waals surface area contributed by atoms with Gasteiger partial charge >= 0.3 is 0 Å². The van der Waals surface area contributed by atoms with E-state index in [0.29, 0.717) is 29.3 Å². The number of amides is 1. The molecule has 0 aromatic carbocycles. The minimum atomic E-state index is -0.935. The molecule has 2 unspecified atom stereocenters. The quantitative estimate of drug-likeness (QED) is 0.880. The number of nitrogens with zero attached hydrogens (tertiary/aromatic N) is 5. The van der Waals surface area contributed by atoms with Gasteiger partial charge in [-0.1, -0.05) is 0 Å². The summed E-state index contributed by atoms with van der Waals surface area (Å²) in [5, 5.41) is 16.9. The molecule has 8 heteroatoms. The molecule has 1 aliphatic carbocycles. The fourth-order valence-electron chi connectivity index (χ4n) is 3.93. The number of rotatable bonds is 4. The smallest absolute Gasteiger partial charge is 0.278 e. The number of hydrazone groups is 1. The van der Waals surface area contributed by atoms with E-state index in [1.807, 2.05) is 11.8 Å². The van der Waals surface area contributed by atoms with Crippen LogP contribution in [0.5, 0.6) is 0 Å². The molecular weight excluding hydrogens is 361 g/mol. The van der Waals surface area contributed by atoms with Crippen LogP contribution in [0.25, 0.3) is 0 Å². The standard InChI is InChI=1S/C20H20FN5O2/c1-11-6-14-17(9-22-11)25(10-18(27)15-5-4-13(21)8-23-15)19-7-16(12-2-3-12)24-26(19)20(14)28/h4-6,8-9,12,18-19,27H,2-3,7,10H2,1H3. The zero-order chi connectivity index (χ0) is 19.4. The summed E-state index contributed by atoms with van der Waals surface area (Å²) in [6.45, 7) is 2.04. The van der Waals surface area contributed by atoms with Crippen molar-refractivity contribution in [3.63, 3.8) is 0 Å². The summed E-state index contributed by atoms with van der Waals surface area (Å²) in [7, 11) is 0. The number of β-amino-alcohol motifs (C(OH)–C–C–N with tert-alkyl or cyclic N) is 1. The number of carbonyl (C=O) groups excluding carboxylic acids is 1. The number of pyridine rings is 2. The molecular formula is C20H20FN5O2. The van der Waals surface area contributed by atoms with E-state index in [1.165, 1.54) is 12.1 Å². The Kier molecular flexibility index (Phi) is 3.90. The molecule has 0 spiro atoms. The van der Waals surface area contributed by atoms with Gasteiger partial charge < -0.3 is 10.0 Å². The number of hydrogen-bond acceptors (Lipinski definition) is 6. The van der Waals surface area contributed by atoms with E-state index in [2.05, 4.69) is 15.1 Å². The van der Waals surface area contributed by atoms with Crippen molar-refractivity contribution < 1.29 is 14.3 Å². The molecule has 0 radical (unpaired) electrons. The lowest BCUT2D eigenvalue weighted by Gasteiger charge is -2.41. The topological polar surface area (TPSA) is 81.9 Å². The number of aromatic nitrogens is 2. The van der Waals surface area contributed by atoms with Crippen molar-refractivity contribution in [2.75, 3.05) is 11.4 Å². The highest BCUT2D eigenvalue weighted by Gasteiger charge is 2.45. The molecule has 2 aromatic heterocycles. The van der Waals surface area contributed by atoms with Crippen LogP contribution < -0.4 is 4.90 Å². The molecule has 2 aromatic rings. The summed E-state index contributed by atoms with van der Waals surface area (Å²) in [5.74, 6) is -0.118. The number of aryl methyl sites for hydroxylation is 1. The summed E-state index contributed by atoms with van der Waals surface area (Å²) < 4.78 is 13.2. The van der Waals surface area contributed by atoms with Gasteiger partial charge in [0.05, 0.1) is 35.9 Å². The highest BCUT2D eigenvalue weighted by molar-refractivity contribution is 6.05. The van der Waals surface area contributed by atoms with Crippen LogP contribution in [-0.2, 0) is 0 Å². The Morgan fingerprint density at radius 2 is 2.11 bits per heavy atom. The molecule has 1 fully saturated rings. The molecule has 1 N–H and O–H groups in total. The maximum atomic E-state index is 13.2. The second-order valence-corrected chi connectivity index (χ2v) is 7.61. The van der Waals surface area contributed by atoms with Gasteiger partial charge in [-0.3, -0.25) is 14.8 Å². The van der Waals surface area contributed by atoms with Crippen molar-refractivity contribution >= 4 is 17.3 Å². The lowest BCUT2D eigenvalue weighted by atomic mass is 10.0. The summed E-state index contributed by atoms with van der Waals surface area (Å²) in [6, 6.07) is 4.51. The Morgan fingerprint density at radius 1 is 1.29 bits per heavy atom. The number of aliphatic hydroxyl groups is 1. The second kappa shape index (κ2) is 6.34. The van der Waals surface area contributed by atoms with Gasteiger partial charge in [0.25, 0.3) is 5.91 Å². The predicted octanol–water partition coefficient (Wildman–Crippen LogP) is 2.42. The van der Waals surface area contributed by atoms with Gasteiger partial charge in [-0.05, 0) is 43.9 Å². The first-order valence-corrected chi connectivity index (χ1v) is 9.45. The molecule has 1 saturated carbocycles. The fourth-order valence-corrected chi connectivity index (χ4v) is 3.93. The molecule has 4 heterocycles. The average Bonchev–Trinajstić information content (AvgIpc) is 3.44. The highest BCUT2D eigenvalue weighted by Crippen LogP contribution is 2.41. The number of aliphatic hydroxyl groups excluding tert-OH is 1. The van der Waals surface area contributed by atoms with Crippen LogP contribution in [0, 0.1) is 18.7 Å². The number of anilines is 1. The number of fused-ring (bicyclic) bond motifs is 2. The van der Waals surface area contributed by atoms with Gasteiger partial charge in [0, 0.05) is 17.8 Å². The maximum Gasteiger partial charge on any atom is 0.278 e. The van der Waals surface area contributed by atoms with Crippen LogP contribution in [0.15, 0.2) is 35.7 Å². The van der Waals surface area contributed by atoms with Crippen LogP contribution in [0.4, 0.5) is 10.1 Å². The van der Waals surface area contributed by atoms with E-state index in [4.69, 9.17) is 0 Å². The molecule has 0 saturated heterocycles. The Hall–Kier alpha value is -2.87. The van der Waals surface area contributed by atoms with E-state index < -0.39 is 11.9 Å². The first kappa shape index (κ1) is 17.2. The Balaban J connectivity index is 1.50. The van der Waals surface area contributed by atoms with Crippen molar-refractivity contribution in [1.29, 1.82) is 0 Å². The minimum Gasteiger partial charge on any atom is -0.385 e. The normalized spacial score (nSPS) is 22.0. The molecule has 7 nitrogen and oxygen atoms in total. The van der Waals surface area contributed by atoms with Crippen molar-refractivity contribution in [2.45, 2.75) is 38.5 Å². The first-order valence-electron chi connectivity index (χ1n) is 9.45. The number of carbonyl (C=O) groups is 1. The van der Waals surface area contributed by atoms with Crippen LogP contribution in [0.2, 0.25) is 0 Å². The van der Waals surface area contributed by atoms with Crippen molar-refractivity contribution in [2.24, 2.45) is 11.0 Å². The molecule has 2 atom stereocenters. The average molecular weight is 381 g/mol. The number of halogens is 1. The first-order chi connectivity index (χ1) is 13.5. The molecule has 2 aliphatic heterocycles. The van der Waals surface area contributed by atoms with Crippen LogP contribution in [0.3, 0.4) is 0 Å². The van der Waals surface area contributed by atoms with Crippen LogP contribution >= 0.6 is 0 Å². The van der Waals surface area contributed by atoms with E-state index in [-0.39, 0.29) is 18.6 Å². The zero-order valence-electron chi connectivity index (χ0n) is 15.4. The van der Waals surface area contributed by atoms with Crippen LogP contribution in [0.1, 0.15) is 47.1 Å². The summed E-state index contributed by atoms with van der Waals surface area (Å²) in [5.41, 5.74) is 3.40. The minimum absolute atomic E-state index is 0.133. The van der Waals surface area contributed by atoms with Gasteiger partial charge in [-0.15, -0.1) is 0 Å². The molecule has 1 amide bonds. The third kappa shape index (κ3) is 2.84. The lowest BCUT2D eigenvalue weighted by Crippen LogP contribution is -2.52. The van der Waals surface area contributed by atoms with Gasteiger partial charge in [-0.2, -0.15) is 5.10 Å². The van der Waals surface area contributed by atoms with E-state index in [9.17, 15) is 14.3 Å². The fraction of sp³-hybridized carbons (Fsp3) is 0.400. The Labute approximate surface area is 161 Å². The monoisotopic (exact) mass is 381 g/mol. The zero-order valence-corrected chi connectivity index (χ0v) is 15.4.